The minimum absolute atomic E-state index is 0.170. The van der Waals surface area contributed by atoms with E-state index in [-0.39, 0.29) is 6.61 Å². The van der Waals surface area contributed by atoms with Crippen molar-refractivity contribution in [3.05, 3.63) is 93.0 Å². The van der Waals surface area contributed by atoms with Crippen LogP contribution in [0.5, 0.6) is 11.5 Å². The molecule has 0 heterocycles. The number of methoxy groups -OCH3 is 1. The summed E-state index contributed by atoms with van der Waals surface area (Å²) >= 11 is 12.4. The lowest BCUT2D eigenvalue weighted by Gasteiger charge is -2.14. The Balaban J connectivity index is 1.91. The predicted octanol–water partition coefficient (Wildman–Crippen LogP) is 6.52. The molecule has 0 radical (unpaired) electrons. The molecule has 6 heteroatoms. The van der Waals surface area contributed by atoms with Crippen molar-refractivity contribution in [1.82, 2.24) is 0 Å². The summed E-state index contributed by atoms with van der Waals surface area (Å²) in [6.07, 6.45) is 1.71. The first-order valence-electron chi connectivity index (χ1n) is 8.91. The third kappa shape index (κ3) is 4.93. The molecule has 3 aromatic rings. The highest BCUT2D eigenvalue weighted by molar-refractivity contribution is 6.32. The third-order valence-corrected chi connectivity index (χ3v) is 4.88. The van der Waals surface area contributed by atoms with E-state index in [9.17, 15) is 10.5 Å². The molecule has 30 heavy (non-hydrogen) atoms. The average Bonchev–Trinajstić information content (AvgIpc) is 2.77. The van der Waals surface area contributed by atoms with Crippen LogP contribution in [-0.4, -0.2) is 7.11 Å². The first-order valence-corrected chi connectivity index (χ1v) is 9.67. The van der Waals surface area contributed by atoms with Crippen molar-refractivity contribution in [3.8, 4) is 23.6 Å². The number of benzene rings is 3. The Kier molecular flexibility index (Phi) is 6.99. The molecule has 0 aliphatic heterocycles. The number of ether oxygens (including phenoxy) is 2. The van der Waals surface area contributed by atoms with E-state index < -0.39 is 0 Å². The maximum Gasteiger partial charge on any atom is 0.180 e. The molecular formula is C24H16Cl2N2O2. The van der Waals surface area contributed by atoms with Gasteiger partial charge in [-0.2, -0.15) is 10.5 Å². The van der Waals surface area contributed by atoms with Crippen LogP contribution in [0, 0.1) is 22.7 Å². The molecule has 0 amide bonds. The van der Waals surface area contributed by atoms with Gasteiger partial charge in [0.05, 0.1) is 35.4 Å². The van der Waals surface area contributed by atoms with Crippen molar-refractivity contribution in [1.29, 1.82) is 10.5 Å². The van der Waals surface area contributed by atoms with Crippen LogP contribution in [0.4, 0.5) is 0 Å². The minimum Gasteiger partial charge on any atom is -0.493 e. The van der Waals surface area contributed by atoms with Gasteiger partial charge in [-0.3, -0.25) is 0 Å². The van der Waals surface area contributed by atoms with Crippen molar-refractivity contribution in [3.63, 3.8) is 0 Å². The number of halogens is 2. The molecule has 148 valence electrons. The van der Waals surface area contributed by atoms with Crippen LogP contribution < -0.4 is 9.47 Å². The lowest BCUT2D eigenvalue weighted by Crippen LogP contribution is -2.01. The highest BCUT2D eigenvalue weighted by Gasteiger charge is 2.13. The summed E-state index contributed by atoms with van der Waals surface area (Å²) in [5.41, 5.74) is 3.17. The number of nitriles is 2. The zero-order valence-electron chi connectivity index (χ0n) is 16.0. The number of hydrogen-bond donors (Lipinski definition) is 0. The molecule has 0 saturated carbocycles. The number of rotatable bonds is 6. The van der Waals surface area contributed by atoms with Crippen LogP contribution >= 0.6 is 23.2 Å². The Morgan fingerprint density at radius 3 is 2.43 bits per heavy atom. The second-order valence-corrected chi connectivity index (χ2v) is 7.11. The predicted molar refractivity (Wildman–Crippen MR) is 118 cm³/mol. The van der Waals surface area contributed by atoms with Gasteiger partial charge >= 0.3 is 0 Å². The van der Waals surface area contributed by atoms with Crippen molar-refractivity contribution in [2.75, 3.05) is 7.11 Å². The van der Waals surface area contributed by atoms with Gasteiger partial charge in [-0.1, -0.05) is 53.5 Å². The monoisotopic (exact) mass is 434 g/mol. The molecule has 0 bridgehead atoms. The Labute approximate surface area is 185 Å². The summed E-state index contributed by atoms with van der Waals surface area (Å²) in [5, 5.41) is 19.7. The van der Waals surface area contributed by atoms with E-state index in [1.165, 1.54) is 7.11 Å². The summed E-state index contributed by atoms with van der Waals surface area (Å²) in [6, 6.07) is 22.0. The maximum atomic E-state index is 9.55. The van der Waals surface area contributed by atoms with Gasteiger partial charge in [-0.15, -0.1) is 0 Å². The van der Waals surface area contributed by atoms with Gasteiger partial charge in [0.1, 0.15) is 6.61 Å². The van der Waals surface area contributed by atoms with Crippen molar-refractivity contribution in [2.24, 2.45) is 0 Å². The average molecular weight is 435 g/mol. The molecule has 3 rings (SSSR count). The van der Waals surface area contributed by atoms with Crippen molar-refractivity contribution in [2.45, 2.75) is 6.61 Å². The molecule has 0 atom stereocenters. The second-order valence-electron chi connectivity index (χ2n) is 6.27. The smallest absolute Gasteiger partial charge is 0.180 e. The van der Waals surface area contributed by atoms with Gasteiger partial charge < -0.3 is 9.47 Å². The number of nitrogens with zero attached hydrogens (tertiary/aromatic N) is 2. The van der Waals surface area contributed by atoms with Gasteiger partial charge in [-0.25, -0.2) is 0 Å². The molecular weight excluding hydrogens is 419 g/mol. The van der Waals surface area contributed by atoms with E-state index in [2.05, 4.69) is 12.1 Å². The fraction of sp³-hybridized carbons (Fsp3) is 0.0833. The highest BCUT2D eigenvalue weighted by atomic mass is 35.5. The summed E-state index contributed by atoms with van der Waals surface area (Å²) in [4.78, 5) is 0. The van der Waals surface area contributed by atoms with Gasteiger partial charge in [0.25, 0.3) is 0 Å². The molecule has 0 N–H and O–H groups in total. The molecule has 0 fully saturated rings. The van der Waals surface area contributed by atoms with Gasteiger partial charge in [0.2, 0.25) is 0 Å². The van der Waals surface area contributed by atoms with Crippen molar-refractivity contribution >= 4 is 34.9 Å². The fourth-order valence-electron chi connectivity index (χ4n) is 2.84. The Bertz CT molecular complexity index is 1170. The number of allylic oxidation sites excluding steroid dienone is 1. The SMILES string of the molecule is COc1cc(C=C(C#N)c2ccc(Cl)cc2)cc(Cl)c1OCc1ccccc1C#N. The summed E-state index contributed by atoms with van der Waals surface area (Å²) in [7, 11) is 1.51. The quantitative estimate of drug-likeness (QED) is 0.327. The van der Waals surface area contributed by atoms with Crippen LogP contribution in [0.1, 0.15) is 22.3 Å². The molecule has 0 aliphatic carbocycles. The van der Waals surface area contributed by atoms with E-state index in [0.29, 0.717) is 38.2 Å². The molecule has 4 nitrogen and oxygen atoms in total. The van der Waals surface area contributed by atoms with Gasteiger partial charge in [0.15, 0.2) is 11.5 Å². The normalized spacial score (nSPS) is 10.8. The minimum atomic E-state index is 0.170. The standard InChI is InChI=1S/C24H16Cl2N2O2/c1-29-23-12-16(10-20(14-28)17-6-8-21(25)9-7-17)11-22(26)24(23)30-15-19-5-3-2-4-18(19)13-27/h2-12H,15H2,1H3. The molecule has 3 aromatic carbocycles. The highest BCUT2D eigenvalue weighted by Crippen LogP contribution is 2.38. The van der Waals surface area contributed by atoms with E-state index in [4.69, 9.17) is 32.7 Å². The lowest BCUT2D eigenvalue weighted by molar-refractivity contribution is 0.284. The van der Waals surface area contributed by atoms with Gasteiger partial charge in [0, 0.05) is 10.6 Å². The van der Waals surface area contributed by atoms with Crippen LogP contribution in [0.3, 0.4) is 0 Å². The summed E-state index contributed by atoms with van der Waals surface area (Å²) in [5.74, 6) is 0.797. The second kappa shape index (κ2) is 9.85. The molecule has 0 aliphatic rings. The Morgan fingerprint density at radius 2 is 1.77 bits per heavy atom. The lowest BCUT2D eigenvalue weighted by atomic mass is 10.0. The van der Waals surface area contributed by atoms with E-state index in [1.807, 2.05) is 12.1 Å². The zero-order valence-corrected chi connectivity index (χ0v) is 17.5. The zero-order chi connectivity index (χ0) is 21.5. The van der Waals surface area contributed by atoms with E-state index in [0.717, 1.165) is 11.1 Å². The molecule has 0 saturated heterocycles. The van der Waals surface area contributed by atoms with Crippen LogP contribution in [0.2, 0.25) is 10.0 Å². The van der Waals surface area contributed by atoms with Crippen LogP contribution in [0.15, 0.2) is 60.7 Å². The molecule has 0 aromatic heterocycles. The Hall–Kier alpha value is -3.44. The van der Waals surface area contributed by atoms with Gasteiger partial charge in [-0.05, 0) is 47.5 Å². The first-order chi connectivity index (χ1) is 14.5. The van der Waals surface area contributed by atoms with Crippen LogP contribution in [0.25, 0.3) is 11.6 Å². The Morgan fingerprint density at radius 1 is 1.03 bits per heavy atom. The van der Waals surface area contributed by atoms with E-state index in [1.54, 1.807) is 54.6 Å². The van der Waals surface area contributed by atoms with Crippen molar-refractivity contribution < 1.29 is 9.47 Å². The summed E-state index contributed by atoms with van der Waals surface area (Å²) < 4.78 is 11.3. The topological polar surface area (TPSA) is 66.0 Å². The maximum absolute atomic E-state index is 9.55. The van der Waals surface area contributed by atoms with Crippen LogP contribution in [-0.2, 0) is 6.61 Å². The largest absolute Gasteiger partial charge is 0.493 e. The fourth-order valence-corrected chi connectivity index (χ4v) is 3.24. The summed E-state index contributed by atoms with van der Waals surface area (Å²) in [6.45, 7) is 0.170. The third-order valence-electron chi connectivity index (χ3n) is 4.35. The molecule has 0 unspecified atom stereocenters. The first kappa shape index (κ1) is 21.3. The van der Waals surface area contributed by atoms with E-state index >= 15 is 0 Å². The number of hydrogen-bond acceptors (Lipinski definition) is 4. The molecule has 0 spiro atoms.